The van der Waals surface area contributed by atoms with Crippen LogP contribution in [-0.4, -0.2) is 25.7 Å². The summed E-state index contributed by atoms with van der Waals surface area (Å²) in [5.74, 6) is 0.377. The molecule has 1 heterocycles. The molecule has 1 aliphatic rings. The van der Waals surface area contributed by atoms with Crippen molar-refractivity contribution in [2.45, 2.75) is 25.2 Å². The predicted octanol–water partition coefficient (Wildman–Crippen LogP) is 4.40. The van der Waals surface area contributed by atoms with Crippen LogP contribution in [0.4, 0.5) is 0 Å². The maximum atomic E-state index is 12.0. The Hall–Kier alpha value is -1.55. The second kappa shape index (κ2) is 8.70. The maximum absolute atomic E-state index is 12.0. The zero-order valence-corrected chi connectivity index (χ0v) is 15.4. The Bertz CT molecular complexity index is 725. The summed E-state index contributed by atoms with van der Waals surface area (Å²) in [4.78, 5) is 12.0. The van der Waals surface area contributed by atoms with Crippen LogP contribution in [0.25, 0.3) is 0 Å². The topological polar surface area (TPSA) is 38.3 Å². The normalized spacial score (nSPS) is 16.8. The molecule has 3 rings (SSSR count). The smallest absolute Gasteiger partial charge is 0.310 e. The van der Waals surface area contributed by atoms with E-state index in [2.05, 4.69) is 17.4 Å². The van der Waals surface area contributed by atoms with Gasteiger partial charge < -0.3 is 10.1 Å². The van der Waals surface area contributed by atoms with Gasteiger partial charge in [0.1, 0.15) is 0 Å². The fourth-order valence-corrected chi connectivity index (χ4v) is 3.36. The minimum absolute atomic E-state index is 0.213. The van der Waals surface area contributed by atoms with E-state index in [-0.39, 0.29) is 5.97 Å². The van der Waals surface area contributed by atoms with Crippen molar-refractivity contribution in [2.75, 3.05) is 19.7 Å². The fourth-order valence-electron chi connectivity index (χ4n) is 3.04. The van der Waals surface area contributed by atoms with Crippen molar-refractivity contribution in [3.63, 3.8) is 0 Å². The van der Waals surface area contributed by atoms with Gasteiger partial charge in [-0.25, -0.2) is 0 Å². The number of carbonyl (C=O) groups excluding carboxylic acids is 1. The first kappa shape index (κ1) is 18.2. The number of carbonyl (C=O) groups is 1. The maximum Gasteiger partial charge on any atom is 0.310 e. The summed E-state index contributed by atoms with van der Waals surface area (Å²) in [7, 11) is 0. The molecule has 3 nitrogen and oxygen atoms in total. The summed E-state index contributed by atoms with van der Waals surface area (Å²) < 4.78 is 5.33. The van der Waals surface area contributed by atoms with Gasteiger partial charge in [0, 0.05) is 13.0 Å². The van der Waals surface area contributed by atoms with Gasteiger partial charge in [-0.3, -0.25) is 4.79 Å². The summed E-state index contributed by atoms with van der Waals surface area (Å²) in [6.45, 7) is 2.45. The number of benzene rings is 2. The minimum atomic E-state index is -0.213. The van der Waals surface area contributed by atoms with Gasteiger partial charge in [0.25, 0.3) is 0 Å². The van der Waals surface area contributed by atoms with E-state index in [4.69, 9.17) is 27.9 Å². The van der Waals surface area contributed by atoms with Gasteiger partial charge in [0.05, 0.1) is 23.1 Å². The van der Waals surface area contributed by atoms with Gasteiger partial charge >= 0.3 is 5.97 Å². The lowest BCUT2D eigenvalue weighted by atomic mass is 9.97. The van der Waals surface area contributed by atoms with Crippen molar-refractivity contribution in [2.24, 2.45) is 0 Å². The zero-order chi connectivity index (χ0) is 17.6. The summed E-state index contributed by atoms with van der Waals surface area (Å²) >= 11 is 11.9. The van der Waals surface area contributed by atoms with Crippen LogP contribution in [0.2, 0.25) is 10.0 Å². The predicted molar refractivity (Wildman–Crippen MR) is 101 cm³/mol. The summed E-state index contributed by atoms with van der Waals surface area (Å²) in [6.07, 6.45) is 2.09. The molecular formula is C20H21Cl2NO2. The Morgan fingerprint density at radius 3 is 2.52 bits per heavy atom. The molecular weight excluding hydrogens is 357 g/mol. The average Bonchev–Trinajstić information content (AvgIpc) is 3.13. The Balaban J connectivity index is 1.44. The molecule has 1 aliphatic heterocycles. The second-order valence-electron chi connectivity index (χ2n) is 6.33. The molecule has 0 spiro atoms. The Kier molecular flexibility index (Phi) is 6.35. The van der Waals surface area contributed by atoms with Crippen LogP contribution in [0.3, 0.4) is 0 Å². The van der Waals surface area contributed by atoms with Crippen molar-refractivity contribution in [1.29, 1.82) is 0 Å². The third-order valence-electron chi connectivity index (χ3n) is 4.50. The van der Waals surface area contributed by atoms with Crippen LogP contribution in [0.1, 0.15) is 29.0 Å². The van der Waals surface area contributed by atoms with Gasteiger partial charge in [-0.05, 0) is 47.7 Å². The average molecular weight is 378 g/mol. The minimum Gasteiger partial charge on any atom is -0.465 e. The van der Waals surface area contributed by atoms with Crippen molar-refractivity contribution in [1.82, 2.24) is 5.32 Å². The molecule has 0 bridgehead atoms. The first-order valence-electron chi connectivity index (χ1n) is 8.51. The number of halogens is 2. The van der Waals surface area contributed by atoms with Gasteiger partial charge in [-0.15, -0.1) is 0 Å². The lowest BCUT2D eigenvalue weighted by Gasteiger charge is -2.10. The molecule has 0 aromatic heterocycles. The highest BCUT2D eigenvalue weighted by Crippen LogP contribution is 2.23. The molecule has 0 saturated carbocycles. The summed E-state index contributed by atoms with van der Waals surface area (Å²) in [5.41, 5.74) is 3.31. The molecule has 1 N–H and O–H groups in total. The van der Waals surface area contributed by atoms with E-state index in [0.717, 1.165) is 24.2 Å². The van der Waals surface area contributed by atoms with E-state index < -0.39 is 0 Å². The van der Waals surface area contributed by atoms with Crippen LogP contribution in [0.15, 0.2) is 42.5 Å². The molecule has 1 atom stereocenters. The summed E-state index contributed by atoms with van der Waals surface area (Å²) in [5, 5.41) is 4.41. The first-order valence-corrected chi connectivity index (χ1v) is 9.26. The number of nitrogens with one attached hydrogen (secondary N) is 1. The first-order chi connectivity index (χ1) is 12.1. The van der Waals surface area contributed by atoms with E-state index in [1.807, 2.05) is 18.2 Å². The molecule has 1 fully saturated rings. The molecule has 1 unspecified atom stereocenters. The van der Waals surface area contributed by atoms with Gasteiger partial charge in [-0.2, -0.15) is 0 Å². The number of esters is 1. The lowest BCUT2D eigenvalue weighted by Crippen LogP contribution is -2.11. The summed E-state index contributed by atoms with van der Waals surface area (Å²) in [6, 6.07) is 13.7. The zero-order valence-electron chi connectivity index (χ0n) is 13.9. The highest BCUT2D eigenvalue weighted by Gasteiger charge is 2.16. The molecule has 1 saturated heterocycles. The van der Waals surface area contributed by atoms with Gasteiger partial charge in [-0.1, -0.05) is 53.5 Å². The highest BCUT2D eigenvalue weighted by molar-refractivity contribution is 6.42. The molecule has 0 aliphatic carbocycles. The number of ether oxygens (including phenoxy) is 1. The van der Waals surface area contributed by atoms with Crippen molar-refractivity contribution in [3.8, 4) is 0 Å². The van der Waals surface area contributed by atoms with E-state index in [1.54, 1.807) is 12.1 Å². The van der Waals surface area contributed by atoms with Gasteiger partial charge in [0.15, 0.2) is 0 Å². The standard InChI is InChI=1S/C20H21Cl2NO2/c21-18-6-3-15(11-19(18)22)8-10-25-20(24)12-14-1-4-16(5-2-14)17-7-9-23-13-17/h1-6,11,17,23H,7-10,12-13H2. The molecule has 0 amide bonds. The van der Waals surface area contributed by atoms with Crippen molar-refractivity contribution < 1.29 is 9.53 Å². The molecule has 2 aromatic rings. The van der Waals surface area contributed by atoms with E-state index in [1.165, 1.54) is 12.0 Å². The molecule has 0 radical (unpaired) electrons. The third-order valence-corrected chi connectivity index (χ3v) is 5.24. The largest absolute Gasteiger partial charge is 0.465 e. The quantitative estimate of drug-likeness (QED) is 0.758. The number of hydrogen-bond acceptors (Lipinski definition) is 3. The number of hydrogen-bond donors (Lipinski definition) is 1. The number of rotatable bonds is 6. The Morgan fingerprint density at radius 2 is 1.84 bits per heavy atom. The Morgan fingerprint density at radius 1 is 1.08 bits per heavy atom. The SMILES string of the molecule is O=C(Cc1ccc(C2CCNC2)cc1)OCCc1ccc(Cl)c(Cl)c1. The lowest BCUT2D eigenvalue weighted by molar-refractivity contribution is -0.142. The van der Waals surface area contributed by atoms with Crippen molar-refractivity contribution in [3.05, 3.63) is 69.2 Å². The van der Waals surface area contributed by atoms with E-state index >= 15 is 0 Å². The fraction of sp³-hybridized carbons (Fsp3) is 0.350. The monoisotopic (exact) mass is 377 g/mol. The van der Waals surface area contributed by atoms with Crippen LogP contribution >= 0.6 is 23.2 Å². The molecule has 5 heteroatoms. The van der Waals surface area contributed by atoms with Crippen LogP contribution in [0.5, 0.6) is 0 Å². The molecule has 132 valence electrons. The highest BCUT2D eigenvalue weighted by atomic mass is 35.5. The van der Waals surface area contributed by atoms with E-state index in [9.17, 15) is 4.79 Å². The van der Waals surface area contributed by atoms with Crippen LogP contribution in [0, 0.1) is 0 Å². The third kappa shape index (κ3) is 5.21. The van der Waals surface area contributed by atoms with Crippen LogP contribution < -0.4 is 5.32 Å². The molecule has 25 heavy (non-hydrogen) atoms. The Labute approximate surface area is 158 Å². The second-order valence-corrected chi connectivity index (χ2v) is 7.14. The van der Waals surface area contributed by atoms with Gasteiger partial charge in [0.2, 0.25) is 0 Å². The molecule has 2 aromatic carbocycles. The van der Waals surface area contributed by atoms with Crippen molar-refractivity contribution >= 4 is 29.2 Å². The van der Waals surface area contributed by atoms with E-state index in [0.29, 0.717) is 35.4 Å². The van der Waals surface area contributed by atoms with Crippen LogP contribution in [-0.2, 0) is 22.4 Å².